The van der Waals surface area contributed by atoms with Crippen LogP contribution in [0.3, 0.4) is 0 Å². The van der Waals surface area contributed by atoms with Crippen molar-refractivity contribution in [1.29, 1.82) is 0 Å². The van der Waals surface area contributed by atoms with Gasteiger partial charge >= 0.3 is 0 Å². The Morgan fingerprint density at radius 3 is 2.52 bits per heavy atom. The fourth-order valence-corrected chi connectivity index (χ4v) is 4.59. The number of halogens is 2. The lowest BCUT2D eigenvalue weighted by molar-refractivity contribution is 0.102. The highest BCUT2D eigenvalue weighted by Crippen LogP contribution is 2.36. The van der Waals surface area contributed by atoms with Gasteiger partial charge in [0.1, 0.15) is 0 Å². The number of aryl methyl sites for hydroxylation is 1. The number of carbonyl (C=O) groups excluding carboxylic acids is 1. The van der Waals surface area contributed by atoms with Crippen molar-refractivity contribution in [3.8, 4) is 0 Å². The maximum Gasteiger partial charge on any atom is 0.255 e. The van der Waals surface area contributed by atoms with Crippen molar-refractivity contribution < 1.29 is 13.6 Å². The lowest BCUT2D eigenvalue weighted by Gasteiger charge is -2.30. The van der Waals surface area contributed by atoms with Gasteiger partial charge in [0.2, 0.25) is 0 Å². The monoisotopic (exact) mass is 425 g/mol. The highest BCUT2D eigenvalue weighted by atomic mass is 19.2. The smallest absolute Gasteiger partial charge is 0.255 e. The van der Waals surface area contributed by atoms with Crippen molar-refractivity contribution >= 4 is 22.5 Å². The molecule has 31 heavy (non-hydrogen) atoms. The number of benzene rings is 2. The van der Waals surface area contributed by atoms with Gasteiger partial charge in [-0.05, 0) is 79.8 Å². The molecule has 0 saturated heterocycles. The van der Waals surface area contributed by atoms with Crippen LogP contribution in [0.25, 0.3) is 10.9 Å². The molecular weight excluding hydrogens is 396 g/mol. The summed E-state index contributed by atoms with van der Waals surface area (Å²) in [5.41, 5.74) is 2.62. The summed E-state index contributed by atoms with van der Waals surface area (Å²) in [6.07, 6.45) is 7.51. The average Bonchev–Trinajstić information content (AvgIpc) is 3.18. The summed E-state index contributed by atoms with van der Waals surface area (Å²) in [7, 11) is 0. The van der Waals surface area contributed by atoms with Gasteiger partial charge in [-0.15, -0.1) is 0 Å². The van der Waals surface area contributed by atoms with Crippen LogP contribution in [0.2, 0.25) is 0 Å². The first-order chi connectivity index (χ1) is 14.9. The van der Waals surface area contributed by atoms with Crippen LogP contribution in [0.5, 0.6) is 0 Å². The van der Waals surface area contributed by atoms with Crippen LogP contribution in [-0.2, 0) is 6.42 Å². The summed E-state index contributed by atoms with van der Waals surface area (Å²) >= 11 is 0. The Balaban J connectivity index is 1.57. The number of rotatable bonds is 5. The van der Waals surface area contributed by atoms with Crippen LogP contribution < -0.4 is 5.32 Å². The number of fused-ring (bicyclic) bond motifs is 1. The van der Waals surface area contributed by atoms with Crippen molar-refractivity contribution in [2.75, 3.05) is 5.32 Å². The van der Waals surface area contributed by atoms with Crippen LogP contribution in [0, 0.1) is 23.5 Å². The number of anilines is 1. The van der Waals surface area contributed by atoms with Crippen LogP contribution in [-0.4, -0.2) is 15.7 Å². The van der Waals surface area contributed by atoms with Gasteiger partial charge in [0, 0.05) is 22.8 Å². The number of nitrogens with zero attached hydrogens (tertiary/aromatic N) is 2. The molecule has 1 fully saturated rings. The van der Waals surface area contributed by atoms with E-state index in [1.54, 1.807) is 0 Å². The van der Waals surface area contributed by atoms with Gasteiger partial charge in [-0.2, -0.15) is 5.10 Å². The van der Waals surface area contributed by atoms with E-state index in [1.165, 1.54) is 18.9 Å². The molecule has 1 amide bonds. The van der Waals surface area contributed by atoms with Crippen molar-refractivity contribution in [2.45, 2.75) is 58.9 Å². The van der Waals surface area contributed by atoms with Crippen LogP contribution >= 0.6 is 0 Å². The number of amides is 1. The Labute approximate surface area is 181 Å². The van der Waals surface area contributed by atoms with Crippen LogP contribution in [0.4, 0.5) is 14.5 Å². The van der Waals surface area contributed by atoms with Crippen LogP contribution in [0.1, 0.15) is 68.4 Å². The minimum absolute atomic E-state index is 0.0821. The number of aromatic nitrogens is 2. The first-order valence-electron chi connectivity index (χ1n) is 11.1. The molecule has 0 bridgehead atoms. The molecule has 0 atom stereocenters. The minimum atomic E-state index is -1.03. The van der Waals surface area contributed by atoms with E-state index in [0.29, 0.717) is 11.7 Å². The van der Waals surface area contributed by atoms with E-state index in [0.717, 1.165) is 59.7 Å². The zero-order chi connectivity index (χ0) is 22.1. The third kappa shape index (κ3) is 4.48. The van der Waals surface area contributed by atoms with Gasteiger partial charge < -0.3 is 5.32 Å². The third-order valence-corrected chi connectivity index (χ3v) is 6.62. The lowest BCUT2D eigenvalue weighted by atomic mass is 9.80. The van der Waals surface area contributed by atoms with E-state index >= 15 is 0 Å². The summed E-state index contributed by atoms with van der Waals surface area (Å²) in [5.74, 6) is -0.946. The molecule has 0 aliphatic heterocycles. The maximum absolute atomic E-state index is 13.5. The quantitative estimate of drug-likeness (QED) is 0.506. The molecular formula is C25H29F2N3O. The molecule has 1 heterocycles. The second-order valence-corrected chi connectivity index (χ2v) is 8.93. The maximum atomic E-state index is 13.5. The molecule has 0 radical (unpaired) electrons. The number of hydrogen-bond donors (Lipinski definition) is 1. The molecule has 164 valence electrons. The summed E-state index contributed by atoms with van der Waals surface area (Å²) in [6.45, 7) is 6.61. The topological polar surface area (TPSA) is 46.9 Å². The summed E-state index contributed by atoms with van der Waals surface area (Å²) in [4.78, 5) is 12.6. The van der Waals surface area contributed by atoms with E-state index in [4.69, 9.17) is 5.10 Å². The normalized spacial score (nSPS) is 19.2. The van der Waals surface area contributed by atoms with Gasteiger partial charge in [0.25, 0.3) is 5.91 Å². The van der Waals surface area contributed by atoms with E-state index in [2.05, 4.69) is 30.0 Å². The molecule has 0 spiro atoms. The third-order valence-electron chi connectivity index (χ3n) is 6.62. The average molecular weight is 426 g/mol. The molecule has 0 unspecified atom stereocenters. The molecule has 1 aromatic heterocycles. The zero-order valence-electron chi connectivity index (χ0n) is 18.3. The fourth-order valence-electron chi connectivity index (χ4n) is 4.59. The second kappa shape index (κ2) is 8.77. The Morgan fingerprint density at radius 1 is 1.13 bits per heavy atom. The summed E-state index contributed by atoms with van der Waals surface area (Å²) < 4.78 is 28.8. The molecule has 4 nitrogen and oxygen atoms in total. The van der Waals surface area contributed by atoms with E-state index in [9.17, 15) is 13.6 Å². The lowest BCUT2D eigenvalue weighted by Crippen LogP contribution is -2.21. The van der Waals surface area contributed by atoms with Crippen LogP contribution in [0.15, 0.2) is 36.5 Å². The Hall–Kier alpha value is -2.76. The predicted octanol–water partition coefficient (Wildman–Crippen LogP) is 6.52. The second-order valence-electron chi connectivity index (χ2n) is 8.93. The van der Waals surface area contributed by atoms with E-state index in [-0.39, 0.29) is 5.56 Å². The fraction of sp³-hybridized carbons (Fsp3) is 0.440. The Bertz CT molecular complexity index is 1100. The molecule has 4 rings (SSSR count). The molecule has 2 aromatic carbocycles. The Morgan fingerprint density at radius 2 is 1.87 bits per heavy atom. The van der Waals surface area contributed by atoms with Gasteiger partial charge in [-0.25, -0.2) is 8.78 Å². The largest absolute Gasteiger partial charge is 0.322 e. The van der Waals surface area contributed by atoms with Gasteiger partial charge in [-0.3, -0.25) is 9.48 Å². The first-order valence-corrected chi connectivity index (χ1v) is 11.1. The van der Waals surface area contributed by atoms with Gasteiger partial charge in [-0.1, -0.05) is 20.8 Å². The summed E-state index contributed by atoms with van der Waals surface area (Å²) in [5, 5.41) is 8.65. The van der Waals surface area contributed by atoms with Crippen molar-refractivity contribution in [3.05, 3.63) is 59.3 Å². The first kappa shape index (κ1) is 21.5. The van der Waals surface area contributed by atoms with Crippen molar-refractivity contribution in [1.82, 2.24) is 9.78 Å². The number of carbonyl (C=O) groups is 1. The zero-order valence-corrected chi connectivity index (χ0v) is 18.3. The molecule has 1 N–H and O–H groups in total. The highest BCUT2D eigenvalue weighted by Gasteiger charge is 2.25. The van der Waals surface area contributed by atoms with Crippen molar-refractivity contribution in [3.63, 3.8) is 0 Å². The highest BCUT2D eigenvalue weighted by molar-refractivity contribution is 6.05. The summed E-state index contributed by atoms with van der Waals surface area (Å²) in [6, 6.07) is 7.50. The molecule has 1 saturated carbocycles. The van der Waals surface area contributed by atoms with Crippen molar-refractivity contribution in [2.24, 2.45) is 11.8 Å². The number of hydrogen-bond acceptors (Lipinski definition) is 2. The molecule has 3 aromatic rings. The predicted molar refractivity (Wildman–Crippen MR) is 119 cm³/mol. The number of nitrogens with one attached hydrogen (secondary N) is 1. The SMILES string of the molecule is CCc1cc2nn(C3CCC(C(C)C)CC3)cc2cc1NC(=O)c1ccc(F)c(F)c1. The van der Waals surface area contributed by atoms with E-state index in [1.807, 2.05) is 19.1 Å². The van der Waals surface area contributed by atoms with Gasteiger partial charge in [0.05, 0.1) is 11.6 Å². The molecule has 6 heteroatoms. The molecule has 1 aliphatic rings. The Kier molecular flexibility index (Phi) is 6.08. The van der Waals surface area contributed by atoms with Gasteiger partial charge in [0.15, 0.2) is 11.6 Å². The van der Waals surface area contributed by atoms with E-state index < -0.39 is 17.5 Å². The molecule has 1 aliphatic carbocycles. The standard InChI is InChI=1S/C25H29F2N3O/c1-4-16-12-24-19(14-30(29-24)20-8-5-17(6-9-20)15(2)3)13-23(16)28-25(31)18-7-10-21(26)22(27)11-18/h7,10-15,17,20H,4-6,8-9H2,1-3H3,(H,28,31). The minimum Gasteiger partial charge on any atom is -0.322 e.